The Morgan fingerprint density at radius 1 is 1.40 bits per heavy atom. The van der Waals surface area contributed by atoms with E-state index in [2.05, 4.69) is 32.0 Å². The zero-order valence-corrected chi connectivity index (χ0v) is 12.4. The molecule has 1 aliphatic rings. The van der Waals surface area contributed by atoms with Gasteiger partial charge in [-0.2, -0.15) is 0 Å². The van der Waals surface area contributed by atoms with Crippen LogP contribution in [0.4, 0.5) is 0 Å². The minimum absolute atomic E-state index is 0.230. The number of rotatable bonds is 1. The van der Waals surface area contributed by atoms with Gasteiger partial charge in [0.05, 0.1) is 16.3 Å². The predicted octanol–water partition coefficient (Wildman–Crippen LogP) is 2.87. The van der Waals surface area contributed by atoms with Gasteiger partial charge in [0.2, 0.25) is 0 Å². The highest BCUT2D eigenvalue weighted by Crippen LogP contribution is 2.32. The molecule has 102 valence electrons. The lowest BCUT2D eigenvalue weighted by Gasteiger charge is -2.21. The molecule has 0 unspecified atom stereocenters. The topological polar surface area (TPSA) is 55.6 Å². The van der Waals surface area contributed by atoms with Crippen molar-refractivity contribution in [3.63, 3.8) is 0 Å². The van der Waals surface area contributed by atoms with Crippen LogP contribution >= 0.6 is 22.9 Å². The summed E-state index contributed by atoms with van der Waals surface area (Å²) in [6, 6.07) is 5.97. The Balaban J connectivity index is 1.87. The number of fused-ring (bicyclic) bond motifs is 2. The summed E-state index contributed by atoms with van der Waals surface area (Å²) in [6.07, 6.45) is 0. The van der Waals surface area contributed by atoms with Crippen LogP contribution in [-0.2, 0) is 6.54 Å². The van der Waals surface area contributed by atoms with Crippen molar-refractivity contribution >= 4 is 33.2 Å². The summed E-state index contributed by atoms with van der Waals surface area (Å²) in [5, 5.41) is 13.6. The van der Waals surface area contributed by atoms with E-state index in [-0.39, 0.29) is 6.04 Å². The molecule has 3 aromatic rings. The molecule has 4 rings (SSSR count). The molecular formula is C13H12ClN5S. The van der Waals surface area contributed by atoms with Gasteiger partial charge in [-0.3, -0.25) is 0 Å². The summed E-state index contributed by atoms with van der Waals surface area (Å²) in [6.45, 7) is 3.90. The third-order valence-corrected chi connectivity index (χ3v) is 4.74. The Bertz CT molecular complexity index is 793. The summed E-state index contributed by atoms with van der Waals surface area (Å²) in [4.78, 5) is 4.65. The van der Waals surface area contributed by atoms with Crippen molar-refractivity contribution in [2.45, 2.75) is 19.5 Å². The van der Waals surface area contributed by atoms with Crippen LogP contribution in [0, 0.1) is 0 Å². The van der Waals surface area contributed by atoms with Crippen LogP contribution in [0.25, 0.3) is 21.0 Å². The van der Waals surface area contributed by atoms with E-state index < -0.39 is 0 Å². The summed E-state index contributed by atoms with van der Waals surface area (Å²) in [5.74, 6) is 1.83. The van der Waals surface area contributed by atoms with Gasteiger partial charge in [-0.15, -0.1) is 21.5 Å². The van der Waals surface area contributed by atoms with Gasteiger partial charge in [0.15, 0.2) is 10.8 Å². The first-order valence-electron chi connectivity index (χ1n) is 6.45. The number of nitrogens with one attached hydrogen (secondary N) is 1. The maximum atomic E-state index is 6.02. The highest BCUT2D eigenvalue weighted by Gasteiger charge is 2.23. The number of hydrogen-bond donors (Lipinski definition) is 1. The fraction of sp³-hybridized carbons (Fsp3) is 0.308. The quantitative estimate of drug-likeness (QED) is 0.751. The molecule has 20 heavy (non-hydrogen) atoms. The second-order valence-electron chi connectivity index (χ2n) is 4.84. The molecule has 0 spiro atoms. The fourth-order valence-corrected chi connectivity index (χ4v) is 3.73. The monoisotopic (exact) mass is 305 g/mol. The standard InChI is InChI=1S/C13H12ClN5S/c1-7-11-17-18-12(19(11)5-4-15-7)13-16-9-3-2-8(14)6-10(9)20-13/h2-3,6-7,15H,4-5H2,1H3/t7-/m1/s1. The SMILES string of the molecule is C[C@H]1NCCn2c(-c3nc4ccc(Cl)cc4s3)nnc21. The summed E-state index contributed by atoms with van der Waals surface area (Å²) >= 11 is 7.63. The minimum Gasteiger partial charge on any atom is -0.306 e. The zero-order valence-electron chi connectivity index (χ0n) is 10.8. The van der Waals surface area contributed by atoms with Gasteiger partial charge < -0.3 is 9.88 Å². The fourth-order valence-electron chi connectivity index (χ4n) is 2.49. The lowest BCUT2D eigenvalue weighted by Crippen LogP contribution is -2.32. The van der Waals surface area contributed by atoms with E-state index in [0.717, 1.165) is 45.0 Å². The van der Waals surface area contributed by atoms with Crippen molar-refractivity contribution in [3.05, 3.63) is 29.0 Å². The lowest BCUT2D eigenvalue weighted by molar-refractivity contribution is 0.439. The molecule has 0 aliphatic carbocycles. The van der Waals surface area contributed by atoms with Crippen LogP contribution in [0.15, 0.2) is 18.2 Å². The first-order valence-corrected chi connectivity index (χ1v) is 7.65. The van der Waals surface area contributed by atoms with Crippen LogP contribution < -0.4 is 5.32 Å². The molecular weight excluding hydrogens is 294 g/mol. The van der Waals surface area contributed by atoms with Crippen LogP contribution in [0.3, 0.4) is 0 Å². The van der Waals surface area contributed by atoms with Gasteiger partial charge in [-0.25, -0.2) is 4.98 Å². The molecule has 1 aromatic carbocycles. The molecule has 3 heterocycles. The number of hydrogen-bond acceptors (Lipinski definition) is 5. The first-order chi connectivity index (χ1) is 9.72. The maximum Gasteiger partial charge on any atom is 0.193 e. The van der Waals surface area contributed by atoms with E-state index in [1.807, 2.05) is 18.2 Å². The van der Waals surface area contributed by atoms with Crippen molar-refractivity contribution in [2.75, 3.05) is 6.54 Å². The number of aromatic nitrogens is 4. The minimum atomic E-state index is 0.230. The molecule has 2 aromatic heterocycles. The van der Waals surface area contributed by atoms with Gasteiger partial charge in [-0.1, -0.05) is 11.6 Å². The average Bonchev–Trinajstić information content (AvgIpc) is 3.01. The van der Waals surface area contributed by atoms with Gasteiger partial charge >= 0.3 is 0 Å². The van der Waals surface area contributed by atoms with E-state index in [9.17, 15) is 0 Å². The summed E-state index contributed by atoms with van der Waals surface area (Å²) in [5.41, 5.74) is 0.953. The number of nitrogens with zero attached hydrogens (tertiary/aromatic N) is 4. The van der Waals surface area contributed by atoms with E-state index in [0.29, 0.717) is 0 Å². The normalized spacial score (nSPS) is 18.4. The van der Waals surface area contributed by atoms with Crippen LogP contribution in [0.5, 0.6) is 0 Å². The summed E-state index contributed by atoms with van der Waals surface area (Å²) < 4.78 is 3.23. The molecule has 7 heteroatoms. The smallest absolute Gasteiger partial charge is 0.193 e. The first kappa shape index (κ1) is 12.3. The third kappa shape index (κ3) is 1.83. The molecule has 0 fully saturated rings. The Labute approximate surface area is 124 Å². The van der Waals surface area contributed by atoms with Crippen LogP contribution in [0.2, 0.25) is 5.02 Å². The Morgan fingerprint density at radius 3 is 3.20 bits per heavy atom. The van der Waals surface area contributed by atoms with Crippen molar-refractivity contribution in [2.24, 2.45) is 0 Å². The van der Waals surface area contributed by atoms with Gasteiger partial charge in [0, 0.05) is 18.1 Å². The van der Waals surface area contributed by atoms with E-state index in [4.69, 9.17) is 11.6 Å². The molecule has 0 saturated heterocycles. The molecule has 1 atom stereocenters. The highest BCUT2D eigenvalue weighted by molar-refractivity contribution is 7.21. The Kier molecular flexibility index (Phi) is 2.76. The Morgan fingerprint density at radius 2 is 2.30 bits per heavy atom. The number of benzene rings is 1. The maximum absolute atomic E-state index is 6.02. The van der Waals surface area contributed by atoms with E-state index in [1.165, 1.54) is 0 Å². The number of thiazole rings is 1. The van der Waals surface area contributed by atoms with E-state index >= 15 is 0 Å². The van der Waals surface area contributed by atoms with Crippen LogP contribution in [0.1, 0.15) is 18.8 Å². The van der Waals surface area contributed by atoms with Gasteiger partial charge in [-0.05, 0) is 25.1 Å². The zero-order chi connectivity index (χ0) is 13.7. The summed E-state index contributed by atoms with van der Waals surface area (Å²) in [7, 11) is 0. The largest absolute Gasteiger partial charge is 0.306 e. The van der Waals surface area contributed by atoms with Gasteiger partial charge in [0.1, 0.15) is 5.82 Å². The van der Waals surface area contributed by atoms with Crippen molar-refractivity contribution in [3.8, 4) is 10.8 Å². The van der Waals surface area contributed by atoms with Crippen molar-refractivity contribution < 1.29 is 0 Å². The molecule has 0 amide bonds. The number of halogens is 1. The second-order valence-corrected chi connectivity index (χ2v) is 6.31. The molecule has 5 nitrogen and oxygen atoms in total. The second kappa shape index (κ2) is 4.51. The Hall–Kier alpha value is -1.50. The molecule has 0 radical (unpaired) electrons. The van der Waals surface area contributed by atoms with Gasteiger partial charge in [0.25, 0.3) is 0 Å². The molecule has 0 bridgehead atoms. The highest BCUT2D eigenvalue weighted by atomic mass is 35.5. The van der Waals surface area contributed by atoms with Crippen LogP contribution in [-0.4, -0.2) is 26.3 Å². The molecule has 1 aliphatic heterocycles. The average molecular weight is 306 g/mol. The molecule has 0 saturated carbocycles. The lowest BCUT2D eigenvalue weighted by atomic mass is 10.2. The predicted molar refractivity (Wildman–Crippen MR) is 80.1 cm³/mol. The van der Waals surface area contributed by atoms with E-state index in [1.54, 1.807) is 11.3 Å². The third-order valence-electron chi connectivity index (χ3n) is 3.49. The van der Waals surface area contributed by atoms with Crippen molar-refractivity contribution in [1.82, 2.24) is 25.1 Å². The van der Waals surface area contributed by atoms with Crippen molar-refractivity contribution in [1.29, 1.82) is 0 Å². The molecule has 1 N–H and O–H groups in total.